The summed E-state index contributed by atoms with van der Waals surface area (Å²) in [4.78, 5) is 10.1. The van der Waals surface area contributed by atoms with E-state index in [1.165, 1.54) is 4.31 Å². The van der Waals surface area contributed by atoms with Gasteiger partial charge in [-0.2, -0.15) is 4.31 Å². The maximum Gasteiger partial charge on any atom is 0.304 e. The van der Waals surface area contributed by atoms with Crippen molar-refractivity contribution in [3.05, 3.63) is 16.2 Å². The van der Waals surface area contributed by atoms with Crippen molar-refractivity contribution in [2.75, 3.05) is 18.8 Å². The number of thiophene rings is 1. The molecule has 0 aliphatic heterocycles. The van der Waals surface area contributed by atoms with E-state index in [4.69, 9.17) is 5.73 Å². The highest BCUT2D eigenvalue weighted by atomic mass is 32.2. The van der Waals surface area contributed by atoms with Crippen LogP contribution in [0.25, 0.3) is 0 Å². The number of nitro groups is 1. The molecule has 0 fully saturated rings. The minimum Gasteiger partial charge on any atom is -0.385 e. The van der Waals surface area contributed by atoms with Gasteiger partial charge in [-0.15, -0.1) is 0 Å². The Hall–Kier alpha value is -1.19. The molecule has 0 bridgehead atoms. The van der Waals surface area contributed by atoms with E-state index in [9.17, 15) is 18.5 Å². The van der Waals surface area contributed by atoms with Crippen molar-refractivity contribution in [2.45, 2.75) is 31.9 Å². The summed E-state index contributed by atoms with van der Waals surface area (Å²) >= 11 is 0.739. The highest BCUT2D eigenvalue weighted by Gasteiger charge is 2.31. The van der Waals surface area contributed by atoms with Crippen LogP contribution in [0.3, 0.4) is 0 Å². The molecule has 0 spiro atoms. The van der Waals surface area contributed by atoms with Crippen molar-refractivity contribution in [3.8, 4) is 0 Å². The maximum atomic E-state index is 12.6. The number of rotatable bonds is 7. The van der Waals surface area contributed by atoms with Crippen molar-refractivity contribution in [1.82, 2.24) is 4.31 Å². The Kier molecular flexibility index (Phi) is 5.71. The monoisotopic (exact) mass is 335 g/mol. The second-order valence-electron chi connectivity index (χ2n) is 5.68. The fraction of sp³-hybridized carbons (Fsp3) is 0.667. The smallest absolute Gasteiger partial charge is 0.304 e. The molecule has 1 heterocycles. The number of hydrogen-bond donors (Lipinski definition) is 1. The Morgan fingerprint density at radius 3 is 2.10 bits per heavy atom. The first-order chi connectivity index (χ1) is 9.55. The molecule has 0 unspecified atom stereocenters. The number of anilines is 1. The van der Waals surface area contributed by atoms with E-state index in [1.54, 1.807) is 0 Å². The Labute approximate surface area is 129 Å². The maximum absolute atomic E-state index is 12.6. The SMILES string of the molecule is CC(C)CN(CC(C)C)S(=O)(=O)c1cc([N+](=O)[O-])c(N)s1. The third kappa shape index (κ3) is 4.39. The van der Waals surface area contributed by atoms with E-state index in [1.807, 2.05) is 27.7 Å². The van der Waals surface area contributed by atoms with Crippen molar-refractivity contribution in [1.29, 1.82) is 0 Å². The van der Waals surface area contributed by atoms with E-state index in [0.717, 1.165) is 17.4 Å². The van der Waals surface area contributed by atoms with Crippen LogP contribution in [0, 0.1) is 22.0 Å². The molecule has 21 heavy (non-hydrogen) atoms. The molecule has 0 radical (unpaired) electrons. The fourth-order valence-electron chi connectivity index (χ4n) is 1.86. The van der Waals surface area contributed by atoms with Crippen LogP contribution < -0.4 is 5.73 Å². The van der Waals surface area contributed by atoms with Crippen LogP contribution in [0.15, 0.2) is 10.3 Å². The lowest BCUT2D eigenvalue weighted by molar-refractivity contribution is -0.383. The van der Waals surface area contributed by atoms with Crippen molar-refractivity contribution < 1.29 is 13.3 Å². The van der Waals surface area contributed by atoms with Gasteiger partial charge in [-0.05, 0) is 11.8 Å². The van der Waals surface area contributed by atoms with Crippen molar-refractivity contribution in [2.24, 2.45) is 11.8 Å². The average Bonchev–Trinajstić information content (AvgIpc) is 2.70. The molecule has 1 aromatic heterocycles. The quantitative estimate of drug-likeness (QED) is 0.608. The molecule has 0 aliphatic rings. The summed E-state index contributed by atoms with van der Waals surface area (Å²) in [6, 6.07) is 1.04. The lowest BCUT2D eigenvalue weighted by atomic mass is 10.2. The highest BCUT2D eigenvalue weighted by molar-refractivity contribution is 7.91. The summed E-state index contributed by atoms with van der Waals surface area (Å²) in [6.07, 6.45) is 0. The Morgan fingerprint density at radius 2 is 1.76 bits per heavy atom. The molecule has 9 heteroatoms. The minimum absolute atomic E-state index is 0.0759. The largest absolute Gasteiger partial charge is 0.385 e. The molecular formula is C12H21N3O4S2. The summed E-state index contributed by atoms with van der Waals surface area (Å²) < 4.78 is 26.6. The van der Waals surface area contributed by atoms with Gasteiger partial charge in [0.15, 0.2) is 5.00 Å². The van der Waals surface area contributed by atoms with Gasteiger partial charge in [-0.3, -0.25) is 10.1 Å². The number of sulfonamides is 1. The number of nitrogens with two attached hydrogens (primary N) is 1. The van der Waals surface area contributed by atoms with Crippen LogP contribution in [0.5, 0.6) is 0 Å². The third-order valence-corrected chi connectivity index (χ3v) is 5.88. The van der Waals surface area contributed by atoms with Gasteiger partial charge in [0.2, 0.25) is 0 Å². The predicted molar refractivity (Wildman–Crippen MR) is 83.8 cm³/mol. The molecular weight excluding hydrogens is 314 g/mol. The molecule has 0 atom stereocenters. The standard InChI is InChI=1S/C12H21N3O4S2/c1-8(2)6-14(7-9(3)4)21(18,19)11-5-10(15(16)17)12(13)20-11/h5,8-9H,6-7,13H2,1-4H3. The molecule has 1 aromatic rings. The lowest BCUT2D eigenvalue weighted by Crippen LogP contribution is -2.36. The molecule has 1 rings (SSSR count). The van der Waals surface area contributed by atoms with Crippen LogP contribution in [0.1, 0.15) is 27.7 Å². The zero-order chi connectivity index (χ0) is 16.4. The number of hydrogen-bond acceptors (Lipinski definition) is 6. The van der Waals surface area contributed by atoms with Crippen molar-refractivity contribution in [3.63, 3.8) is 0 Å². The normalized spacial score (nSPS) is 12.5. The van der Waals surface area contributed by atoms with Crippen LogP contribution in [0.4, 0.5) is 10.7 Å². The zero-order valence-electron chi connectivity index (χ0n) is 12.6. The summed E-state index contributed by atoms with van der Waals surface area (Å²) in [6.45, 7) is 8.43. The van der Waals surface area contributed by atoms with E-state index in [-0.39, 0.29) is 26.7 Å². The molecule has 2 N–H and O–H groups in total. The summed E-state index contributed by atoms with van der Waals surface area (Å²) in [5.41, 5.74) is 5.18. The van der Waals surface area contributed by atoms with E-state index < -0.39 is 14.9 Å². The first kappa shape index (κ1) is 17.9. The Morgan fingerprint density at radius 1 is 1.29 bits per heavy atom. The predicted octanol–water partition coefficient (Wildman–Crippen LogP) is 2.54. The van der Waals surface area contributed by atoms with Gasteiger partial charge < -0.3 is 5.73 Å². The first-order valence-electron chi connectivity index (χ1n) is 6.59. The fourth-order valence-corrected chi connectivity index (χ4v) is 4.99. The topological polar surface area (TPSA) is 107 Å². The summed E-state index contributed by atoms with van der Waals surface area (Å²) in [7, 11) is -3.76. The van der Waals surface area contributed by atoms with Crippen LogP contribution >= 0.6 is 11.3 Å². The van der Waals surface area contributed by atoms with E-state index in [0.29, 0.717) is 13.1 Å². The van der Waals surface area contributed by atoms with Gasteiger partial charge in [0, 0.05) is 19.2 Å². The number of nitrogen functional groups attached to an aromatic ring is 1. The average molecular weight is 335 g/mol. The Bertz CT molecular complexity index is 598. The van der Waals surface area contributed by atoms with Gasteiger partial charge in [0.1, 0.15) is 4.21 Å². The van der Waals surface area contributed by atoms with Gasteiger partial charge >= 0.3 is 5.69 Å². The lowest BCUT2D eigenvalue weighted by Gasteiger charge is -2.24. The number of nitrogens with zero attached hydrogens (tertiary/aromatic N) is 2. The van der Waals surface area contributed by atoms with Gasteiger partial charge in [-0.1, -0.05) is 39.0 Å². The molecule has 0 aromatic carbocycles. The van der Waals surface area contributed by atoms with Crippen LogP contribution in [-0.2, 0) is 10.0 Å². The molecule has 0 aliphatic carbocycles. The van der Waals surface area contributed by atoms with Gasteiger partial charge in [0.25, 0.3) is 10.0 Å². The molecule has 7 nitrogen and oxygen atoms in total. The zero-order valence-corrected chi connectivity index (χ0v) is 14.2. The van der Waals surface area contributed by atoms with Crippen LogP contribution in [-0.4, -0.2) is 30.7 Å². The van der Waals surface area contributed by atoms with E-state index in [2.05, 4.69) is 0 Å². The summed E-state index contributed by atoms with van der Waals surface area (Å²) in [5.74, 6) is 0.316. The third-order valence-electron chi connectivity index (χ3n) is 2.65. The van der Waals surface area contributed by atoms with Crippen LogP contribution in [0.2, 0.25) is 0 Å². The summed E-state index contributed by atoms with van der Waals surface area (Å²) in [5, 5.41) is 10.7. The molecule has 0 saturated carbocycles. The molecule has 0 saturated heterocycles. The van der Waals surface area contributed by atoms with Crippen molar-refractivity contribution >= 4 is 32.0 Å². The second-order valence-corrected chi connectivity index (χ2v) is 8.93. The van der Waals surface area contributed by atoms with E-state index >= 15 is 0 Å². The molecule has 0 amide bonds. The van der Waals surface area contributed by atoms with Gasteiger partial charge in [0.05, 0.1) is 4.92 Å². The first-order valence-corrected chi connectivity index (χ1v) is 8.85. The second kappa shape index (κ2) is 6.71. The molecule has 120 valence electrons. The highest BCUT2D eigenvalue weighted by Crippen LogP contribution is 2.36. The Balaban J connectivity index is 3.21. The minimum atomic E-state index is -3.76. The van der Waals surface area contributed by atoms with Gasteiger partial charge in [-0.25, -0.2) is 8.42 Å².